The summed E-state index contributed by atoms with van der Waals surface area (Å²) >= 11 is 0. The van der Waals surface area contributed by atoms with E-state index in [4.69, 9.17) is 4.98 Å². The van der Waals surface area contributed by atoms with Gasteiger partial charge in [-0.15, -0.1) is 0 Å². The zero-order valence-corrected chi connectivity index (χ0v) is 18.7. The Bertz CT molecular complexity index is 1260. The third kappa shape index (κ3) is 3.28. The first-order valence-electron chi connectivity index (χ1n) is 11.6. The molecule has 2 saturated heterocycles. The molecule has 7 heteroatoms. The summed E-state index contributed by atoms with van der Waals surface area (Å²) in [6, 6.07) is 12.7. The van der Waals surface area contributed by atoms with Gasteiger partial charge in [-0.25, -0.2) is 9.97 Å². The quantitative estimate of drug-likeness (QED) is 0.505. The van der Waals surface area contributed by atoms with E-state index in [2.05, 4.69) is 74.1 Å². The maximum Gasteiger partial charge on any atom is 0.230 e. The van der Waals surface area contributed by atoms with Crippen molar-refractivity contribution in [3.8, 4) is 0 Å². The van der Waals surface area contributed by atoms with Crippen LogP contribution < -0.4 is 15.5 Å². The number of rotatable bonds is 4. The van der Waals surface area contributed by atoms with Crippen LogP contribution in [-0.2, 0) is 0 Å². The molecule has 164 valence electrons. The molecule has 0 unspecified atom stereocenters. The molecule has 0 saturated carbocycles. The van der Waals surface area contributed by atoms with E-state index < -0.39 is 0 Å². The van der Waals surface area contributed by atoms with Crippen molar-refractivity contribution >= 4 is 34.0 Å². The van der Waals surface area contributed by atoms with Gasteiger partial charge >= 0.3 is 0 Å². The van der Waals surface area contributed by atoms with Gasteiger partial charge in [0.1, 0.15) is 11.5 Å². The normalized spacial score (nSPS) is 17.9. The predicted octanol–water partition coefficient (Wildman–Crippen LogP) is 4.33. The van der Waals surface area contributed by atoms with Crippen LogP contribution in [0.5, 0.6) is 0 Å². The number of aromatic nitrogens is 4. The lowest BCUT2D eigenvalue weighted by molar-refractivity contribution is 0.150. The van der Waals surface area contributed by atoms with Gasteiger partial charge in [-0.1, -0.05) is 13.8 Å². The number of nitrogens with zero attached hydrogens (tertiary/aromatic N) is 5. The first-order chi connectivity index (χ1) is 15.6. The van der Waals surface area contributed by atoms with E-state index in [9.17, 15) is 0 Å². The van der Waals surface area contributed by atoms with E-state index in [-0.39, 0.29) is 0 Å². The van der Waals surface area contributed by atoms with Gasteiger partial charge in [-0.2, -0.15) is 4.98 Å². The highest BCUT2D eigenvalue weighted by atomic mass is 15.2. The average Bonchev–Trinajstić information content (AvgIpc) is 3.24. The Kier molecular flexibility index (Phi) is 4.54. The van der Waals surface area contributed by atoms with Gasteiger partial charge in [0.2, 0.25) is 5.95 Å². The summed E-state index contributed by atoms with van der Waals surface area (Å²) in [6.07, 6.45) is 6.39. The van der Waals surface area contributed by atoms with Gasteiger partial charge in [0, 0.05) is 41.3 Å². The Morgan fingerprint density at radius 3 is 2.53 bits per heavy atom. The molecule has 0 aliphatic carbocycles. The van der Waals surface area contributed by atoms with Crippen molar-refractivity contribution in [2.45, 2.75) is 32.6 Å². The minimum absolute atomic E-state index is 0.411. The Morgan fingerprint density at radius 1 is 0.969 bits per heavy atom. The Hall–Kier alpha value is -3.19. The van der Waals surface area contributed by atoms with Gasteiger partial charge in [-0.05, 0) is 68.2 Å². The highest BCUT2D eigenvalue weighted by Crippen LogP contribution is 2.41. The Morgan fingerprint density at radius 2 is 1.78 bits per heavy atom. The summed E-state index contributed by atoms with van der Waals surface area (Å²) in [6.45, 7) is 8.99. The first-order valence-corrected chi connectivity index (χ1v) is 11.6. The molecule has 0 bridgehead atoms. The maximum absolute atomic E-state index is 4.84. The van der Waals surface area contributed by atoms with Crippen molar-refractivity contribution in [2.75, 3.05) is 36.4 Å². The highest BCUT2D eigenvalue weighted by molar-refractivity contribution is 5.80. The second-order valence-electron chi connectivity index (χ2n) is 9.61. The van der Waals surface area contributed by atoms with Crippen molar-refractivity contribution in [2.24, 2.45) is 5.41 Å². The smallest absolute Gasteiger partial charge is 0.230 e. The molecule has 2 fully saturated rings. The van der Waals surface area contributed by atoms with E-state index in [0.29, 0.717) is 17.3 Å². The topological polar surface area (TPSA) is 70.4 Å². The fraction of sp³-hybridized carbons (Fsp3) is 0.400. The lowest BCUT2D eigenvalue weighted by Gasteiger charge is -2.53. The second-order valence-corrected chi connectivity index (χ2v) is 9.61. The lowest BCUT2D eigenvalue weighted by atomic mass is 9.72. The van der Waals surface area contributed by atoms with Crippen LogP contribution in [0.4, 0.5) is 17.5 Å². The van der Waals surface area contributed by atoms with Gasteiger partial charge in [0.15, 0.2) is 0 Å². The summed E-state index contributed by atoms with van der Waals surface area (Å²) in [5, 5.41) is 7.78. The molecule has 2 aliphatic rings. The number of anilines is 3. The minimum Gasteiger partial charge on any atom is -0.369 e. The molecule has 0 aromatic carbocycles. The molecule has 4 aromatic rings. The van der Waals surface area contributed by atoms with Crippen LogP contribution in [-0.4, -0.2) is 45.5 Å². The number of piperidine rings is 1. The van der Waals surface area contributed by atoms with E-state index >= 15 is 0 Å². The molecular formula is C25H29N7. The van der Waals surface area contributed by atoms with Crippen molar-refractivity contribution in [1.29, 1.82) is 0 Å². The fourth-order valence-corrected chi connectivity index (χ4v) is 5.19. The second kappa shape index (κ2) is 7.45. The van der Waals surface area contributed by atoms with Gasteiger partial charge in [0.05, 0.1) is 11.9 Å². The van der Waals surface area contributed by atoms with Gasteiger partial charge in [0.25, 0.3) is 0 Å². The molecule has 0 atom stereocenters. The molecule has 2 N–H and O–H groups in total. The van der Waals surface area contributed by atoms with Crippen LogP contribution in [0.15, 0.2) is 48.8 Å². The summed E-state index contributed by atoms with van der Waals surface area (Å²) in [5.74, 6) is 1.73. The third-order valence-electron chi connectivity index (χ3n) is 7.04. The fourth-order valence-electron chi connectivity index (χ4n) is 5.19. The lowest BCUT2D eigenvalue weighted by Crippen LogP contribution is -2.60. The van der Waals surface area contributed by atoms with Crippen LogP contribution in [0.25, 0.3) is 16.6 Å². The molecule has 0 amide bonds. The van der Waals surface area contributed by atoms with Gasteiger partial charge in [-0.3, -0.25) is 4.40 Å². The number of hydrogen-bond acceptors (Lipinski definition) is 6. The molecule has 6 rings (SSSR count). The van der Waals surface area contributed by atoms with Crippen LogP contribution in [0.1, 0.15) is 38.3 Å². The van der Waals surface area contributed by atoms with Crippen molar-refractivity contribution in [3.05, 3.63) is 54.5 Å². The first kappa shape index (κ1) is 19.5. The molecule has 2 aliphatic heterocycles. The average molecular weight is 428 g/mol. The summed E-state index contributed by atoms with van der Waals surface area (Å²) in [4.78, 5) is 16.4. The van der Waals surface area contributed by atoms with E-state index in [0.717, 1.165) is 48.5 Å². The number of hydrogen-bond donors (Lipinski definition) is 2. The number of nitrogens with one attached hydrogen (secondary N) is 2. The van der Waals surface area contributed by atoms with Crippen LogP contribution in [0.2, 0.25) is 0 Å². The molecule has 6 heterocycles. The predicted molar refractivity (Wildman–Crippen MR) is 129 cm³/mol. The zero-order valence-electron chi connectivity index (χ0n) is 18.7. The largest absolute Gasteiger partial charge is 0.369 e. The Labute approximate surface area is 187 Å². The minimum atomic E-state index is 0.411. The Balaban J connectivity index is 1.23. The van der Waals surface area contributed by atoms with Crippen molar-refractivity contribution < 1.29 is 0 Å². The zero-order chi connectivity index (χ0) is 21.7. The van der Waals surface area contributed by atoms with Crippen LogP contribution in [0.3, 0.4) is 0 Å². The molecule has 0 radical (unpaired) electrons. The highest BCUT2D eigenvalue weighted by Gasteiger charge is 2.43. The monoisotopic (exact) mass is 427 g/mol. The summed E-state index contributed by atoms with van der Waals surface area (Å²) in [7, 11) is 0. The van der Waals surface area contributed by atoms with E-state index in [1.807, 2.05) is 18.5 Å². The van der Waals surface area contributed by atoms with Crippen LogP contribution in [0, 0.1) is 5.41 Å². The van der Waals surface area contributed by atoms with Gasteiger partial charge < -0.3 is 15.5 Å². The summed E-state index contributed by atoms with van der Waals surface area (Å²) < 4.78 is 2.23. The third-order valence-corrected chi connectivity index (χ3v) is 7.04. The molecule has 32 heavy (non-hydrogen) atoms. The van der Waals surface area contributed by atoms with Crippen molar-refractivity contribution in [3.63, 3.8) is 0 Å². The van der Waals surface area contributed by atoms with E-state index in [1.54, 1.807) is 0 Å². The summed E-state index contributed by atoms with van der Waals surface area (Å²) in [5.41, 5.74) is 5.01. The van der Waals surface area contributed by atoms with Crippen molar-refractivity contribution in [1.82, 2.24) is 24.7 Å². The molecular weight excluding hydrogens is 398 g/mol. The standard InChI is InChI=1S/C25H29N7/c1-17(2)21-7-5-19-4-3-18-13-28-24(30-23(18)32(19)21)29-22-8-6-20(14-27-22)31-15-25(16-31)9-11-26-12-10-25/h3-8,13-14,17,26H,9-12,15-16H2,1-2H3,(H,27,28,29,30). The number of fused-ring (bicyclic) bond motifs is 3. The maximum atomic E-state index is 4.84. The molecule has 1 spiro atoms. The SMILES string of the molecule is CC(C)c1ccc2ccc3cnc(Nc4ccc(N5CC6(CCNCC6)C5)cn4)nc3n12. The molecule has 4 aromatic heterocycles. The number of pyridine rings is 2. The van der Waals surface area contributed by atoms with Crippen LogP contribution >= 0.6 is 0 Å². The molecule has 7 nitrogen and oxygen atoms in total. The van der Waals surface area contributed by atoms with E-state index in [1.165, 1.54) is 24.2 Å².